The second-order valence-electron chi connectivity index (χ2n) is 9.85. The van der Waals surface area contributed by atoms with Crippen LogP contribution < -0.4 is 9.13 Å². The van der Waals surface area contributed by atoms with Crippen molar-refractivity contribution in [1.82, 2.24) is 0 Å². The Morgan fingerprint density at radius 3 is 1.23 bits per heavy atom. The predicted molar refractivity (Wildman–Crippen MR) is 135 cm³/mol. The summed E-state index contributed by atoms with van der Waals surface area (Å²) in [5.74, 6) is 0. The smallest absolute Gasteiger partial charge is 0.138 e. The van der Waals surface area contributed by atoms with Crippen molar-refractivity contribution in [3.05, 3.63) is 60.7 Å². The summed E-state index contributed by atoms with van der Waals surface area (Å²) >= 11 is 0. The molecule has 0 aromatic heterocycles. The lowest BCUT2D eigenvalue weighted by atomic mass is 9.95. The molecule has 2 aliphatic carbocycles. The van der Waals surface area contributed by atoms with Crippen molar-refractivity contribution in [2.24, 2.45) is 0 Å². The van der Waals surface area contributed by atoms with Gasteiger partial charge in [0.05, 0.1) is 0 Å². The van der Waals surface area contributed by atoms with E-state index in [1.54, 1.807) is 11.3 Å². The molecular formula is C26H38N2Si2. The predicted octanol–water partition coefficient (Wildman–Crippen LogP) is 6.20. The highest BCUT2D eigenvalue weighted by molar-refractivity contribution is 6.98. The summed E-state index contributed by atoms with van der Waals surface area (Å²) in [4.78, 5) is 0. The Morgan fingerprint density at radius 2 is 0.867 bits per heavy atom. The van der Waals surface area contributed by atoms with Crippen LogP contribution in [0.4, 0.5) is 11.4 Å². The molecule has 3 aliphatic rings. The summed E-state index contributed by atoms with van der Waals surface area (Å²) in [7, 11) is -1.71. The highest BCUT2D eigenvalue weighted by Crippen LogP contribution is 2.39. The highest BCUT2D eigenvalue weighted by atomic mass is 28.4. The van der Waals surface area contributed by atoms with Gasteiger partial charge in [-0.3, -0.25) is 0 Å². The Morgan fingerprint density at radius 1 is 0.500 bits per heavy atom. The fourth-order valence-corrected chi connectivity index (χ4v) is 17.5. The van der Waals surface area contributed by atoms with Gasteiger partial charge in [-0.2, -0.15) is 0 Å². The summed E-state index contributed by atoms with van der Waals surface area (Å²) in [5.41, 5.74) is 6.27. The number of benzene rings is 2. The zero-order valence-corrected chi connectivity index (χ0v) is 20.8. The van der Waals surface area contributed by atoms with E-state index in [2.05, 4.69) is 69.8 Å². The molecule has 0 N–H and O–H groups in total. The van der Waals surface area contributed by atoms with Crippen molar-refractivity contribution in [1.29, 1.82) is 0 Å². The van der Waals surface area contributed by atoms with E-state index in [1.165, 1.54) is 75.6 Å². The minimum atomic E-state index is -0.854. The average Bonchev–Trinajstić information content (AvgIpc) is 2.80. The van der Waals surface area contributed by atoms with Crippen LogP contribution in [-0.2, 0) is 0 Å². The lowest BCUT2D eigenvalue weighted by Crippen LogP contribution is -2.64. The molecule has 0 amide bonds. The van der Waals surface area contributed by atoms with Crippen LogP contribution in [0.25, 0.3) is 0 Å². The fourth-order valence-electron chi connectivity index (χ4n) is 6.37. The molecule has 1 aliphatic heterocycles. The van der Waals surface area contributed by atoms with Gasteiger partial charge >= 0.3 is 0 Å². The third-order valence-corrected chi connectivity index (χ3v) is 19.6. The molecule has 2 nitrogen and oxygen atoms in total. The Bertz CT molecular complexity index is 701. The van der Waals surface area contributed by atoms with Crippen molar-refractivity contribution < 1.29 is 0 Å². The Hall–Kier alpha value is -1.53. The quantitative estimate of drug-likeness (QED) is 0.499. The number of hydrogen-bond acceptors (Lipinski definition) is 2. The van der Waals surface area contributed by atoms with Crippen LogP contribution in [0.15, 0.2) is 60.7 Å². The second kappa shape index (κ2) is 9.74. The van der Waals surface area contributed by atoms with Crippen molar-refractivity contribution in [2.75, 3.05) is 9.13 Å². The van der Waals surface area contributed by atoms with E-state index in [1.807, 2.05) is 0 Å². The third kappa shape index (κ3) is 4.40. The van der Waals surface area contributed by atoms with Crippen LogP contribution in [0.5, 0.6) is 0 Å². The molecule has 2 saturated carbocycles. The molecule has 0 unspecified atom stereocenters. The lowest BCUT2D eigenvalue weighted by molar-refractivity contribution is 0.438. The van der Waals surface area contributed by atoms with Crippen LogP contribution in [0.1, 0.15) is 64.2 Å². The van der Waals surface area contributed by atoms with Crippen molar-refractivity contribution in [3.63, 3.8) is 0 Å². The van der Waals surface area contributed by atoms with Crippen LogP contribution in [-0.4, -0.2) is 30.0 Å². The number of para-hydroxylation sites is 2. The molecule has 160 valence electrons. The molecule has 30 heavy (non-hydrogen) atoms. The van der Waals surface area contributed by atoms with Gasteiger partial charge in [0.15, 0.2) is 0 Å². The first-order valence-corrected chi connectivity index (χ1v) is 16.9. The molecule has 2 aromatic rings. The molecule has 4 heteroatoms. The van der Waals surface area contributed by atoms with Gasteiger partial charge in [-0.25, -0.2) is 0 Å². The summed E-state index contributed by atoms with van der Waals surface area (Å²) in [6, 6.07) is 24.6. The largest absolute Gasteiger partial charge is 0.398 e. The normalized spacial score (nSPS) is 25.5. The van der Waals surface area contributed by atoms with Gasteiger partial charge in [0, 0.05) is 23.5 Å². The molecule has 1 heterocycles. The number of nitrogens with zero attached hydrogens (tertiary/aromatic N) is 2. The van der Waals surface area contributed by atoms with E-state index in [9.17, 15) is 0 Å². The zero-order chi connectivity index (χ0) is 20.2. The van der Waals surface area contributed by atoms with Gasteiger partial charge in [-0.05, 0) is 61.3 Å². The number of rotatable bonds is 6. The summed E-state index contributed by atoms with van der Waals surface area (Å²) in [5, 5.41) is 0. The zero-order valence-electron chi connectivity index (χ0n) is 18.5. The van der Waals surface area contributed by atoms with E-state index >= 15 is 0 Å². The van der Waals surface area contributed by atoms with E-state index in [0.29, 0.717) is 0 Å². The highest BCUT2D eigenvalue weighted by Gasteiger charge is 2.44. The maximum absolute atomic E-state index is 3.01. The molecule has 1 saturated heterocycles. The Kier molecular flexibility index (Phi) is 6.61. The standard InChI is InChI=1S/C26H38N2Si2/c1-5-13-23(14-6-1)27(24-15-7-2-8-16-24)29-21-30(22-29)28(25-17-9-3-10-18-25)26-19-11-4-12-20-26/h1,3,5-6,9-10,13-14,17-18,24,26,29-30H,2,4,7-8,11-12,15-16,19-22H2. The lowest BCUT2D eigenvalue weighted by Gasteiger charge is -2.53. The third-order valence-electron chi connectivity index (χ3n) is 7.92. The Balaban J connectivity index is 1.34. The molecule has 2 aromatic carbocycles. The van der Waals surface area contributed by atoms with Gasteiger partial charge < -0.3 is 9.13 Å². The van der Waals surface area contributed by atoms with Crippen LogP contribution in [0, 0.1) is 0 Å². The first-order chi connectivity index (χ1) is 14.9. The average molecular weight is 435 g/mol. The van der Waals surface area contributed by atoms with E-state index in [-0.39, 0.29) is 0 Å². The molecule has 0 bridgehead atoms. The van der Waals surface area contributed by atoms with E-state index < -0.39 is 17.9 Å². The van der Waals surface area contributed by atoms with Crippen LogP contribution in [0.3, 0.4) is 0 Å². The summed E-state index contributed by atoms with van der Waals surface area (Å²) < 4.78 is 6.01. The molecule has 0 atom stereocenters. The molecule has 5 rings (SSSR count). The maximum Gasteiger partial charge on any atom is 0.138 e. The second-order valence-corrected chi connectivity index (χ2v) is 17.3. The first kappa shape index (κ1) is 20.4. The summed E-state index contributed by atoms with van der Waals surface area (Å²) in [6.07, 6.45) is 14.4. The number of hydrogen-bond donors (Lipinski definition) is 0. The summed E-state index contributed by atoms with van der Waals surface area (Å²) in [6.45, 7) is 0. The van der Waals surface area contributed by atoms with Crippen molar-refractivity contribution in [3.8, 4) is 0 Å². The molecule has 0 radical (unpaired) electrons. The fraction of sp³-hybridized carbons (Fsp3) is 0.538. The van der Waals surface area contributed by atoms with Crippen LogP contribution >= 0.6 is 0 Å². The molecular weight excluding hydrogens is 396 g/mol. The van der Waals surface area contributed by atoms with Crippen LogP contribution in [0.2, 0.25) is 11.3 Å². The molecule has 3 fully saturated rings. The molecule has 0 spiro atoms. The Labute approximate surface area is 186 Å². The SMILES string of the molecule is c1ccc(N(C2CCCCC2)[SiH]2C[SiH](N(c3ccccc3)C3CCCCC3)C2)cc1. The van der Waals surface area contributed by atoms with Gasteiger partial charge in [0.2, 0.25) is 0 Å². The van der Waals surface area contributed by atoms with Gasteiger partial charge in [-0.15, -0.1) is 0 Å². The van der Waals surface area contributed by atoms with E-state index in [0.717, 1.165) is 12.1 Å². The maximum atomic E-state index is 3.01. The monoisotopic (exact) mass is 434 g/mol. The van der Waals surface area contributed by atoms with E-state index in [4.69, 9.17) is 0 Å². The van der Waals surface area contributed by atoms with Gasteiger partial charge in [0.25, 0.3) is 0 Å². The number of anilines is 2. The first-order valence-electron chi connectivity index (χ1n) is 12.6. The minimum absolute atomic E-state index is 0.827. The van der Waals surface area contributed by atoms with Gasteiger partial charge in [0.1, 0.15) is 17.9 Å². The minimum Gasteiger partial charge on any atom is -0.398 e. The topological polar surface area (TPSA) is 6.48 Å². The van der Waals surface area contributed by atoms with Crippen molar-refractivity contribution in [2.45, 2.75) is 87.6 Å². The van der Waals surface area contributed by atoms with Gasteiger partial charge in [-0.1, -0.05) is 74.9 Å². The van der Waals surface area contributed by atoms with Crippen molar-refractivity contribution >= 4 is 29.3 Å².